The largest absolute Gasteiger partial charge is 0.386 e. The van der Waals surface area contributed by atoms with Crippen molar-refractivity contribution in [3.8, 4) is 0 Å². The van der Waals surface area contributed by atoms with Gasteiger partial charge in [-0.3, -0.25) is 14.8 Å². The Morgan fingerprint density at radius 1 is 1.44 bits per heavy atom. The summed E-state index contributed by atoms with van der Waals surface area (Å²) in [6, 6.07) is 2.40. The number of aliphatic hydroxyl groups excluding tert-OH is 1. The molecule has 0 radical (unpaired) electrons. The number of aliphatic hydroxyl groups is 1. The number of rotatable bonds is 7. The third-order valence-electron chi connectivity index (χ3n) is 3.32. The van der Waals surface area contributed by atoms with Gasteiger partial charge in [0.15, 0.2) is 0 Å². The molecule has 0 aliphatic carbocycles. The van der Waals surface area contributed by atoms with Crippen LogP contribution in [0.2, 0.25) is 0 Å². The Morgan fingerprint density at radius 2 is 2.12 bits per heavy atom. The van der Waals surface area contributed by atoms with E-state index >= 15 is 0 Å². The molecule has 2 N–H and O–H groups in total. The highest BCUT2D eigenvalue weighted by Crippen LogP contribution is 2.30. The van der Waals surface area contributed by atoms with E-state index in [2.05, 4.69) is 10.4 Å². The number of nitro groups is 1. The Kier molecular flexibility index (Phi) is 5.33. The minimum Gasteiger partial charge on any atom is -0.386 e. The Hall–Kier alpha value is -2.60. The second-order valence-corrected chi connectivity index (χ2v) is 7.00. The van der Waals surface area contributed by atoms with Crippen molar-refractivity contribution in [2.45, 2.75) is 16.8 Å². The lowest BCUT2D eigenvalue weighted by Crippen LogP contribution is -2.14. The maximum absolute atomic E-state index is 12.6. The number of hydrogen-bond acceptors (Lipinski definition) is 7. The van der Waals surface area contributed by atoms with Crippen LogP contribution in [0.3, 0.4) is 0 Å². The number of alkyl halides is 2. The van der Waals surface area contributed by atoms with Crippen LogP contribution in [0.25, 0.3) is 0 Å². The summed E-state index contributed by atoms with van der Waals surface area (Å²) in [6.45, 7) is -0.131. The zero-order valence-electron chi connectivity index (χ0n) is 12.8. The number of hydrogen-bond donors (Lipinski definition) is 2. The summed E-state index contributed by atoms with van der Waals surface area (Å²) in [5.74, 6) is -3.68. The molecular weight excluding hydrogens is 362 g/mol. The van der Waals surface area contributed by atoms with Crippen molar-refractivity contribution in [2.75, 3.05) is 11.9 Å². The molecule has 0 aliphatic heterocycles. The summed E-state index contributed by atoms with van der Waals surface area (Å²) in [5.41, 5.74) is -0.337. The van der Waals surface area contributed by atoms with Crippen molar-refractivity contribution in [1.29, 1.82) is 0 Å². The summed E-state index contributed by atoms with van der Waals surface area (Å²) in [5, 5.41) is 27.6. The third kappa shape index (κ3) is 4.09. The second kappa shape index (κ2) is 7.11. The first kappa shape index (κ1) is 18.7. The molecule has 9 nitrogen and oxygen atoms in total. The molecule has 0 amide bonds. The number of aryl methyl sites for hydroxylation is 1. The molecule has 1 heterocycles. The second-order valence-electron chi connectivity index (χ2n) is 5.09. The van der Waals surface area contributed by atoms with Gasteiger partial charge >= 0.3 is 5.76 Å². The fourth-order valence-corrected chi connectivity index (χ4v) is 2.77. The summed E-state index contributed by atoms with van der Waals surface area (Å²) in [7, 11) is -3.30. The van der Waals surface area contributed by atoms with Crippen molar-refractivity contribution >= 4 is 21.2 Å². The number of nitrogens with one attached hydrogen (secondary N) is 1. The van der Waals surface area contributed by atoms with Crippen LogP contribution in [0.4, 0.5) is 20.2 Å². The average molecular weight is 376 g/mol. The van der Waals surface area contributed by atoms with Gasteiger partial charge in [0.05, 0.1) is 22.1 Å². The molecule has 1 unspecified atom stereocenters. The van der Waals surface area contributed by atoms with Gasteiger partial charge in [-0.2, -0.15) is 13.9 Å². The summed E-state index contributed by atoms with van der Waals surface area (Å²) in [4.78, 5) is 9.34. The fraction of sp³-hybridized carbons (Fsp3) is 0.308. The summed E-state index contributed by atoms with van der Waals surface area (Å²) in [6.07, 6.45) is 1.94. The molecule has 1 aromatic heterocycles. The molecule has 0 saturated carbocycles. The maximum Gasteiger partial charge on any atom is 0.341 e. The van der Waals surface area contributed by atoms with Crippen molar-refractivity contribution in [3.63, 3.8) is 0 Å². The normalized spacial score (nSPS) is 13.0. The minimum absolute atomic E-state index is 0.110. The Labute approximate surface area is 141 Å². The number of sulfone groups is 1. The minimum atomic E-state index is -4.95. The highest BCUT2D eigenvalue weighted by molar-refractivity contribution is 7.91. The lowest BCUT2D eigenvalue weighted by Gasteiger charge is -2.12. The van der Waals surface area contributed by atoms with E-state index in [1.165, 1.54) is 10.9 Å². The van der Waals surface area contributed by atoms with Gasteiger partial charge in [-0.1, -0.05) is 0 Å². The SMILES string of the molecule is Cn1cc(C(O)CNc2ccc(S(=O)(=O)C(F)F)cc2[N+](=O)[O-])cn1. The van der Waals surface area contributed by atoms with Gasteiger partial charge in [0.2, 0.25) is 9.84 Å². The summed E-state index contributed by atoms with van der Waals surface area (Å²) >= 11 is 0. The van der Waals surface area contributed by atoms with E-state index in [0.717, 1.165) is 12.1 Å². The van der Waals surface area contributed by atoms with E-state index in [4.69, 9.17) is 0 Å². The van der Waals surface area contributed by atoms with Crippen LogP contribution in [-0.2, 0) is 16.9 Å². The molecule has 0 spiro atoms. The van der Waals surface area contributed by atoms with E-state index in [1.807, 2.05) is 0 Å². The molecule has 0 aliphatic rings. The molecule has 0 fully saturated rings. The van der Waals surface area contributed by atoms with Gasteiger partial charge in [0, 0.05) is 31.4 Å². The number of benzene rings is 1. The fourth-order valence-electron chi connectivity index (χ4n) is 2.03. The van der Waals surface area contributed by atoms with Crippen LogP contribution in [0.1, 0.15) is 11.7 Å². The average Bonchev–Trinajstić information content (AvgIpc) is 2.98. The van der Waals surface area contributed by atoms with Gasteiger partial charge in [-0.05, 0) is 12.1 Å². The first-order chi connectivity index (χ1) is 11.6. The lowest BCUT2D eigenvalue weighted by molar-refractivity contribution is -0.384. The summed E-state index contributed by atoms with van der Waals surface area (Å²) < 4.78 is 49.4. The smallest absolute Gasteiger partial charge is 0.341 e. The van der Waals surface area contributed by atoms with Crippen LogP contribution >= 0.6 is 0 Å². The Morgan fingerprint density at radius 3 is 2.64 bits per heavy atom. The van der Waals surface area contributed by atoms with Crippen molar-refractivity contribution in [3.05, 3.63) is 46.3 Å². The van der Waals surface area contributed by atoms with Gasteiger partial charge in [-0.25, -0.2) is 8.42 Å². The molecule has 1 atom stereocenters. The molecule has 0 bridgehead atoms. The van der Waals surface area contributed by atoms with Crippen LogP contribution in [0, 0.1) is 10.1 Å². The van der Waals surface area contributed by atoms with Crippen LogP contribution in [0.15, 0.2) is 35.5 Å². The molecule has 0 saturated heterocycles. The molecule has 2 aromatic rings. The zero-order valence-corrected chi connectivity index (χ0v) is 13.7. The highest BCUT2D eigenvalue weighted by Gasteiger charge is 2.29. The number of nitro benzene ring substituents is 1. The molecule has 25 heavy (non-hydrogen) atoms. The van der Waals surface area contributed by atoms with E-state index in [0.29, 0.717) is 11.6 Å². The molecule has 1 aromatic carbocycles. The molecule has 2 rings (SSSR count). The van der Waals surface area contributed by atoms with E-state index in [1.54, 1.807) is 13.2 Å². The quantitative estimate of drug-likeness (QED) is 0.553. The van der Waals surface area contributed by atoms with Crippen molar-refractivity contribution < 1.29 is 27.2 Å². The number of halogens is 2. The van der Waals surface area contributed by atoms with E-state index in [9.17, 15) is 32.4 Å². The van der Waals surface area contributed by atoms with Gasteiger partial charge in [0.25, 0.3) is 5.69 Å². The first-order valence-corrected chi connectivity index (χ1v) is 8.38. The third-order valence-corrected chi connectivity index (χ3v) is 4.70. The Bertz CT molecular complexity index is 884. The predicted octanol–water partition coefficient (Wildman–Crippen LogP) is 1.47. The Balaban J connectivity index is 2.25. The molecular formula is C13H14F2N4O5S. The standard InChI is InChI=1S/C13H14F2N4O5S/c1-18-7-8(5-17-18)12(20)6-16-10-3-2-9(4-11(10)19(21)22)25(23,24)13(14)15/h2-5,7,12-13,16,20H,6H2,1H3. The van der Waals surface area contributed by atoms with Gasteiger partial charge < -0.3 is 10.4 Å². The van der Waals surface area contributed by atoms with E-state index in [-0.39, 0.29) is 12.2 Å². The topological polar surface area (TPSA) is 127 Å². The van der Waals surface area contributed by atoms with Gasteiger partial charge in [0.1, 0.15) is 5.69 Å². The first-order valence-electron chi connectivity index (χ1n) is 6.84. The molecule has 12 heteroatoms. The van der Waals surface area contributed by atoms with Crippen LogP contribution in [-0.4, -0.2) is 40.5 Å². The lowest BCUT2D eigenvalue weighted by atomic mass is 10.2. The highest BCUT2D eigenvalue weighted by atomic mass is 32.2. The molecule has 136 valence electrons. The maximum atomic E-state index is 12.6. The number of nitrogens with zero attached hydrogens (tertiary/aromatic N) is 3. The van der Waals surface area contributed by atoms with Crippen molar-refractivity contribution in [2.24, 2.45) is 7.05 Å². The monoisotopic (exact) mass is 376 g/mol. The van der Waals surface area contributed by atoms with Crippen molar-refractivity contribution in [1.82, 2.24) is 9.78 Å². The number of aromatic nitrogens is 2. The zero-order chi connectivity index (χ0) is 18.8. The number of anilines is 1. The van der Waals surface area contributed by atoms with Crippen LogP contribution < -0.4 is 5.32 Å². The van der Waals surface area contributed by atoms with Gasteiger partial charge in [-0.15, -0.1) is 0 Å². The van der Waals surface area contributed by atoms with Crippen LogP contribution in [0.5, 0.6) is 0 Å². The predicted molar refractivity (Wildman–Crippen MR) is 82.9 cm³/mol. The van der Waals surface area contributed by atoms with E-state index < -0.39 is 37.2 Å².